The summed E-state index contributed by atoms with van der Waals surface area (Å²) in [5.41, 5.74) is 2.21. The Labute approximate surface area is 123 Å². The summed E-state index contributed by atoms with van der Waals surface area (Å²) >= 11 is 5.87. The summed E-state index contributed by atoms with van der Waals surface area (Å²) in [7, 11) is 0. The Kier molecular flexibility index (Phi) is 4.19. The fraction of sp³-hybridized carbons (Fsp3) is 0.312. The highest BCUT2D eigenvalue weighted by molar-refractivity contribution is 6.30. The molecule has 1 heterocycles. The normalized spacial score (nSPS) is 14.2. The van der Waals surface area contributed by atoms with Gasteiger partial charge in [-0.3, -0.25) is 4.98 Å². The van der Waals surface area contributed by atoms with Gasteiger partial charge in [-0.25, -0.2) is 0 Å². The molecule has 0 spiro atoms. The molecule has 0 amide bonds. The molecule has 4 heteroatoms. The standard InChI is InChI=1S/C16H17ClN2O/c17-14-3-1-12(2-4-14)11-20-16-7-8-18-9-13(16)10-19-15-5-6-15/h1-4,7-9,15,19H,5-6,10-11H2. The Morgan fingerprint density at radius 1 is 1.20 bits per heavy atom. The van der Waals surface area contributed by atoms with E-state index in [9.17, 15) is 0 Å². The van der Waals surface area contributed by atoms with E-state index in [-0.39, 0.29) is 0 Å². The van der Waals surface area contributed by atoms with Gasteiger partial charge in [0.05, 0.1) is 0 Å². The van der Waals surface area contributed by atoms with E-state index in [2.05, 4.69) is 10.3 Å². The van der Waals surface area contributed by atoms with Crippen molar-refractivity contribution in [2.24, 2.45) is 0 Å². The monoisotopic (exact) mass is 288 g/mol. The quantitative estimate of drug-likeness (QED) is 0.882. The Morgan fingerprint density at radius 3 is 2.75 bits per heavy atom. The van der Waals surface area contributed by atoms with Crippen molar-refractivity contribution >= 4 is 11.6 Å². The highest BCUT2D eigenvalue weighted by Crippen LogP contribution is 2.22. The number of halogens is 1. The molecule has 2 aromatic rings. The topological polar surface area (TPSA) is 34.1 Å². The number of pyridine rings is 1. The maximum Gasteiger partial charge on any atom is 0.127 e. The van der Waals surface area contributed by atoms with Crippen molar-refractivity contribution < 1.29 is 4.74 Å². The van der Waals surface area contributed by atoms with E-state index in [0.29, 0.717) is 12.6 Å². The van der Waals surface area contributed by atoms with Gasteiger partial charge in [-0.05, 0) is 36.6 Å². The summed E-state index contributed by atoms with van der Waals surface area (Å²) < 4.78 is 5.89. The number of benzene rings is 1. The van der Waals surface area contributed by atoms with Crippen LogP contribution in [0.2, 0.25) is 5.02 Å². The van der Waals surface area contributed by atoms with E-state index in [1.165, 1.54) is 12.8 Å². The van der Waals surface area contributed by atoms with Crippen LogP contribution in [0.15, 0.2) is 42.7 Å². The molecule has 0 saturated heterocycles. The van der Waals surface area contributed by atoms with Crippen molar-refractivity contribution in [2.45, 2.75) is 32.0 Å². The second-order valence-corrected chi connectivity index (χ2v) is 5.49. The summed E-state index contributed by atoms with van der Waals surface area (Å²) in [4.78, 5) is 4.17. The Balaban J connectivity index is 1.62. The lowest BCUT2D eigenvalue weighted by molar-refractivity contribution is 0.301. The van der Waals surface area contributed by atoms with Gasteiger partial charge in [0.1, 0.15) is 12.4 Å². The zero-order chi connectivity index (χ0) is 13.8. The van der Waals surface area contributed by atoms with E-state index in [4.69, 9.17) is 16.3 Å². The molecular formula is C16H17ClN2O. The van der Waals surface area contributed by atoms with Gasteiger partial charge in [0.15, 0.2) is 0 Å². The molecule has 1 aliphatic rings. The van der Waals surface area contributed by atoms with E-state index in [1.54, 1.807) is 6.20 Å². The number of nitrogens with one attached hydrogen (secondary N) is 1. The van der Waals surface area contributed by atoms with Gasteiger partial charge in [0, 0.05) is 35.6 Å². The minimum atomic E-state index is 0.539. The lowest BCUT2D eigenvalue weighted by Crippen LogP contribution is -2.16. The van der Waals surface area contributed by atoms with Crippen molar-refractivity contribution in [1.29, 1.82) is 0 Å². The highest BCUT2D eigenvalue weighted by Gasteiger charge is 2.20. The van der Waals surface area contributed by atoms with Gasteiger partial charge in [-0.2, -0.15) is 0 Å². The zero-order valence-corrected chi connectivity index (χ0v) is 11.9. The van der Waals surface area contributed by atoms with Crippen LogP contribution in [-0.4, -0.2) is 11.0 Å². The Morgan fingerprint density at radius 2 is 2.00 bits per heavy atom. The molecule has 1 aromatic carbocycles. The first kappa shape index (κ1) is 13.4. The Hall–Kier alpha value is -1.58. The predicted octanol–water partition coefficient (Wildman–Crippen LogP) is 3.57. The van der Waals surface area contributed by atoms with Gasteiger partial charge in [0.25, 0.3) is 0 Å². The van der Waals surface area contributed by atoms with Crippen LogP contribution in [0.1, 0.15) is 24.0 Å². The molecule has 1 fully saturated rings. The number of aromatic nitrogens is 1. The van der Waals surface area contributed by atoms with E-state index in [0.717, 1.165) is 28.4 Å². The molecule has 20 heavy (non-hydrogen) atoms. The molecule has 1 aromatic heterocycles. The van der Waals surface area contributed by atoms with Crippen molar-refractivity contribution in [3.63, 3.8) is 0 Å². The number of hydrogen-bond donors (Lipinski definition) is 1. The lowest BCUT2D eigenvalue weighted by Gasteiger charge is -2.11. The van der Waals surface area contributed by atoms with Gasteiger partial charge in [-0.1, -0.05) is 23.7 Å². The predicted molar refractivity (Wildman–Crippen MR) is 79.9 cm³/mol. The molecule has 0 aliphatic heterocycles. The summed E-state index contributed by atoms with van der Waals surface area (Å²) in [6, 6.07) is 10.3. The van der Waals surface area contributed by atoms with Crippen molar-refractivity contribution in [3.8, 4) is 5.75 Å². The third kappa shape index (κ3) is 3.71. The van der Waals surface area contributed by atoms with Crippen LogP contribution in [0.25, 0.3) is 0 Å². The number of nitrogens with zero attached hydrogens (tertiary/aromatic N) is 1. The van der Waals surface area contributed by atoms with Crippen LogP contribution in [-0.2, 0) is 13.2 Å². The molecule has 3 rings (SSSR count). The molecule has 3 nitrogen and oxygen atoms in total. The van der Waals surface area contributed by atoms with Crippen LogP contribution in [0, 0.1) is 0 Å². The van der Waals surface area contributed by atoms with E-state index >= 15 is 0 Å². The Bertz CT molecular complexity index is 567. The van der Waals surface area contributed by atoms with Crippen LogP contribution in [0.3, 0.4) is 0 Å². The van der Waals surface area contributed by atoms with Crippen molar-refractivity contribution in [1.82, 2.24) is 10.3 Å². The molecule has 0 atom stereocenters. The van der Waals surface area contributed by atoms with Gasteiger partial charge in [0.2, 0.25) is 0 Å². The first-order valence-electron chi connectivity index (χ1n) is 6.85. The summed E-state index contributed by atoms with van der Waals surface area (Å²) in [5.74, 6) is 0.892. The largest absolute Gasteiger partial charge is 0.488 e. The lowest BCUT2D eigenvalue weighted by atomic mass is 10.2. The van der Waals surface area contributed by atoms with E-state index in [1.807, 2.05) is 36.5 Å². The average Bonchev–Trinajstić information content (AvgIpc) is 3.30. The van der Waals surface area contributed by atoms with Gasteiger partial charge in [-0.15, -0.1) is 0 Å². The molecular weight excluding hydrogens is 272 g/mol. The van der Waals surface area contributed by atoms with Crippen molar-refractivity contribution in [3.05, 3.63) is 58.9 Å². The molecule has 1 aliphatic carbocycles. The molecule has 104 valence electrons. The van der Waals surface area contributed by atoms with E-state index < -0.39 is 0 Å². The third-order valence-electron chi connectivity index (χ3n) is 3.32. The fourth-order valence-electron chi connectivity index (χ4n) is 1.97. The third-order valence-corrected chi connectivity index (χ3v) is 3.58. The van der Waals surface area contributed by atoms with Gasteiger partial charge < -0.3 is 10.1 Å². The number of ether oxygens (including phenoxy) is 1. The fourth-order valence-corrected chi connectivity index (χ4v) is 2.10. The zero-order valence-electron chi connectivity index (χ0n) is 11.2. The molecule has 1 N–H and O–H groups in total. The summed E-state index contributed by atoms with van der Waals surface area (Å²) in [6.07, 6.45) is 6.19. The minimum Gasteiger partial charge on any atom is -0.488 e. The number of hydrogen-bond acceptors (Lipinski definition) is 3. The van der Waals surface area contributed by atoms with Crippen LogP contribution in [0.4, 0.5) is 0 Å². The van der Waals surface area contributed by atoms with Crippen LogP contribution >= 0.6 is 11.6 Å². The molecule has 0 unspecified atom stereocenters. The SMILES string of the molecule is Clc1ccc(COc2ccncc2CNC2CC2)cc1. The second kappa shape index (κ2) is 6.25. The first-order chi connectivity index (χ1) is 9.81. The minimum absolute atomic E-state index is 0.539. The maximum atomic E-state index is 5.89. The second-order valence-electron chi connectivity index (χ2n) is 5.05. The maximum absolute atomic E-state index is 5.89. The van der Waals surface area contributed by atoms with Crippen LogP contribution < -0.4 is 10.1 Å². The molecule has 1 saturated carbocycles. The highest BCUT2D eigenvalue weighted by atomic mass is 35.5. The van der Waals surface area contributed by atoms with Crippen LogP contribution in [0.5, 0.6) is 5.75 Å². The summed E-state index contributed by atoms with van der Waals surface area (Å²) in [5, 5.41) is 4.22. The molecule has 0 radical (unpaired) electrons. The summed E-state index contributed by atoms with van der Waals surface area (Å²) in [6.45, 7) is 1.35. The molecule has 0 bridgehead atoms. The van der Waals surface area contributed by atoms with Gasteiger partial charge >= 0.3 is 0 Å². The van der Waals surface area contributed by atoms with Crippen molar-refractivity contribution in [2.75, 3.05) is 0 Å². The number of rotatable bonds is 6. The first-order valence-corrected chi connectivity index (χ1v) is 7.22. The average molecular weight is 289 g/mol. The smallest absolute Gasteiger partial charge is 0.127 e.